The van der Waals surface area contributed by atoms with Crippen LogP contribution in [-0.2, 0) is 0 Å². The van der Waals surface area contributed by atoms with Crippen LogP contribution in [0.4, 0.5) is 0 Å². The third kappa shape index (κ3) is 5.72. The van der Waals surface area contributed by atoms with Crippen LogP contribution in [0.3, 0.4) is 0 Å². The molecule has 6 atom stereocenters. The Labute approximate surface area is 190 Å². The zero-order chi connectivity index (χ0) is 23.0. The van der Waals surface area contributed by atoms with Crippen molar-refractivity contribution >= 4 is 0 Å². The van der Waals surface area contributed by atoms with Crippen molar-refractivity contribution in [1.82, 2.24) is 0 Å². The third-order valence-corrected chi connectivity index (χ3v) is 8.69. The molecule has 3 N–H and O–H groups in total. The van der Waals surface area contributed by atoms with Crippen molar-refractivity contribution in [3.63, 3.8) is 0 Å². The van der Waals surface area contributed by atoms with Crippen LogP contribution in [0, 0.1) is 23.2 Å². The highest BCUT2D eigenvalue weighted by Crippen LogP contribution is 2.60. The summed E-state index contributed by atoms with van der Waals surface area (Å²) in [6.07, 6.45) is 14.2. The number of aliphatic hydroxyl groups excluding tert-OH is 1. The molecule has 3 fully saturated rings. The van der Waals surface area contributed by atoms with Crippen LogP contribution >= 0.6 is 0 Å². The monoisotopic (exact) mass is 430 g/mol. The SMILES string of the molecule is C=C1/C(=C\C=C2/CCC[C@]3(C)[C@@H]([C@@H](C)CCCC(C)(C)O)CC[C@@H]23)C[C@](C)(O)C[C@H]1O. The topological polar surface area (TPSA) is 60.7 Å². The van der Waals surface area contributed by atoms with Crippen LogP contribution in [0.2, 0.25) is 0 Å². The van der Waals surface area contributed by atoms with Crippen LogP contribution in [0.25, 0.3) is 0 Å². The molecule has 3 nitrogen and oxygen atoms in total. The van der Waals surface area contributed by atoms with E-state index in [1.807, 2.05) is 20.8 Å². The lowest BCUT2D eigenvalue weighted by molar-refractivity contribution is 0.00361. The zero-order valence-corrected chi connectivity index (χ0v) is 20.6. The fourth-order valence-corrected chi connectivity index (χ4v) is 7.00. The quantitative estimate of drug-likeness (QED) is 0.477. The average Bonchev–Trinajstić information content (AvgIpc) is 2.99. The van der Waals surface area contributed by atoms with Gasteiger partial charge in [-0.2, -0.15) is 0 Å². The Morgan fingerprint density at radius 3 is 2.61 bits per heavy atom. The molecule has 0 radical (unpaired) electrons. The number of aliphatic hydroxyl groups is 3. The van der Waals surface area contributed by atoms with Crippen molar-refractivity contribution in [3.8, 4) is 0 Å². The summed E-state index contributed by atoms with van der Waals surface area (Å²) in [5.41, 5.74) is 2.27. The first-order chi connectivity index (χ1) is 14.3. The van der Waals surface area contributed by atoms with Crippen LogP contribution in [-0.4, -0.2) is 32.6 Å². The highest BCUT2D eigenvalue weighted by molar-refractivity contribution is 5.39. The molecule has 176 valence electrons. The Bertz CT molecular complexity index is 723. The van der Waals surface area contributed by atoms with E-state index in [0.717, 1.165) is 36.3 Å². The van der Waals surface area contributed by atoms with Crippen molar-refractivity contribution < 1.29 is 15.3 Å². The minimum atomic E-state index is -0.858. The van der Waals surface area contributed by atoms with Crippen molar-refractivity contribution in [2.24, 2.45) is 23.2 Å². The molecule has 0 saturated heterocycles. The largest absolute Gasteiger partial charge is 0.390 e. The Morgan fingerprint density at radius 2 is 1.94 bits per heavy atom. The fraction of sp³-hybridized carbons (Fsp3) is 0.786. The Hall–Kier alpha value is -0.900. The predicted octanol–water partition coefficient (Wildman–Crippen LogP) is 6.09. The zero-order valence-electron chi connectivity index (χ0n) is 20.6. The molecule has 3 aliphatic rings. The van der Waals surface area contributed by atoms with Crippen molar-refractivity contribution in [2.45, 2.75) is 116 Å². The molecule has 0 aliphatic heterocycles. The summed E-state index contributed by atoms with van der Waals surface area (Å²) >= 11 is 0. The third-order valence-electron chi connectivity index (χ3n) is 8.69. The lowest BCUT2D eigenvalue weighted by Gasteiger charge is -2.44. The van der Waals surface area contributed by atoms with Crippen molar-refractivity contribution in [1.29, 1.82) is 0 Å². The van der Waals surface area contributed by atoms with Gasteiger partial charge in [-0.1, -0.05) is 51.0 Å². The highest BCUT2D eigenvalue weighted by atomic mass is 16.3. The number of fused-ring (bicyclic) bond motifs is 1. The van der Waals surface area contributed by atoms with Gasteiger partial charge in [0.1, 0.15) is 0 Å². The van der Waals surface area contributed by atoms with E-state index in [1.165, 1.54) is 32.1 Å². The van der Waals surface area contributed by atoms with Gasteiger partial charge in [0.05, 0.1) is 17.3 Å². The van der Waals surface area contributed by atoms with E-state index in [-0.39, 0.29) is 0 Å². The van der Waals surface area contributed by atoms with Gasteiger partial charge in [0.2, 0.25) is 0 Å². The maximum Gasteiger partial charge on any atom is 0.0814 e. The minimum absolute atomic E-state index is 0.366. The van der Waals surface area contributed by atoms with E-state index >= 15 is 0 Å². The van der Waals surface area contributed by atoms with Gasteiger partial charge in [0, 0.05) is 12.8 Å². The Balaban J connectivity index is 1.72. The Morgan fingerprint density at radius 1 is 1.23 bits per heavy atom. The van der Waals surface area contributed by atoms with Gasteiger partial charge < -0.3 is 15.3 Å². The normalized spacial score (nSPS) is 40.4. The minimum Gasteiger partial charge on any atom is -0.390 e. The second-order valence-electron chi connectivity index (χ2n) is 12.1. The van der Waals surface area contributed by atoms with Crippen LogP contribution in [0.1, 0.15) is 98.8 Å². The van der Waals surface area contributed by atoms with Gasteiger partial charge in [0.15, 0.2) is 0 Å². The molecule has 0 spiro atoms. The van der Waals surface area contributed by atoms with E-state index in [2.05, 4.69) is 32.6 Å². The van der Waals surface area contributed by atoms with E-state index < -0.39 is 17.3 Å². The van der Waals surface area contributed by atoms with Crippen molar-refractivity contribution in [3.05, 3.63) is 35.5 Å². The molecule has 3 rings (SSSR count). The summed E-state index contributed by atoms with van der Waals surface area (Å²) in [6.45, 7) is 14.7. The first-order valence-electron chi connectivity index (χ1n) is 12.5. The molecule has 0 aromatic carbocycles. The first kappa shape index (κ1) is 24.7. The number of allylic oxidation sites excluding steroid dienone is 3. The molecule has 0 amide bonds. The fourth-order valence-electron chi connectivity index (χ4n) is 7.00. The molecule has 0 aromatic heterocycles. The van der Waals surface area contributed by atoms with Gasteiger partial charge in [-0.3, -0.25) is 0 Å². The summed E-state index contributed by atoms with van der Waals surface area (Å²) in [6, 6.07) is 0. The molecule has 3 saturated carbocycles. The predicted molar refractivity (Wildman–Crippen MR) is 129 cm³/mol. The van der Waals surface area contributed by atoms with E-state index in [4.69, 9.17) is 0 Å². The highest BCUT2D eigenvalue weighted by Gasteiger charge is 2.50. The van der Waals surface area contributed by atoms with E-state index in [1.54, 1.807) is 5.57 Å². The number of rotatable bonds is 6. The smallest absolute Gasteiger partial charge is 0.0814 e. The molecular weight excluding hydrogens is 384 g/mol. The second kappa shape index (κ2) is 9.15. The average molecular weight is 431 g/mol. The van der Waals surface area contributed by atoms with Crippen LogP contribution in [0.15, 0.2) is 35.5 Å². The molecular formula is C28H46O3. The van der Waals surface area contributed by atoms with Gasteiger partial charge >= 0.3 is 0 Å². The second-order valence-corrected chi connectivity index (χ2v) is 12.1. The summed E-state index contributed by atoms with van der Waals surface area (Å²) < 4.78 is 0. The van der Waals surface area contributed by atoms with Gasteiger partial charge in [-0.15, -0.1) is 0 Å². The standard InChI is InChI=1S/C28H46O3/c1-19(9-7-15-26(3,4)30)23-13-14-24-21(10-8-16-28(23,24)6)11-12-22-17-27(5,31)18-25(29)20(22)2/h11-12,19,23-25,29-31H,2,7-10,13-18H2,1,3-6H3/b21-11+,22-12-/t19-,23+,24-,25+,27-,28+/m0/s1. The molecule has 0 unspecified atom stereocenters. The van der Waals surface area contributed by atoms with Crippen LogP contribution < -0.4 is 0 Å². The summed E-state index contributed by atoms with van der Waals surface area (Å²) in [5, 5.41) is 30.8. The van der Waals surface area contributed by atoms with Crippen molar-refractivity contribution in [2.75, 3.05) is 0 Å². The molecule has 0 heterocycles. The summed E-state index contributed by atoms with van der Waals surface area (Å²) in [5.74, 6) is 2.09. The van der Waals surface area contributed by atoms with Gasteiger partial charge in [-0.05, 0) is 93.6 Å². The first-order valence-corrected chi connectivity index (χ1v) is 12.5. The molecule has 0 aromatic rings. The van der Waals surface area contributed by atoms with Crippen LogP contribution in [0.5, 0.6) is 0 Å². The molecule has 31 heavy (non-hydrogen) atoms. The maximum atomic E-state index is 10.5. The number of hydrogen-bond donors (Lipinski definition) is 3. The van der Waals surface area contributed by atoms with Gasteiger partial charge in [0.25, 0.3) is 0 Å². The lowest BCUT2D eigenvalue weighted by atomic mass is 9.60. The van der Waals surface area contributed by atoms with Gasteiger partial charge in [-0.25, -0.2) is 0 Å². The molecule has 3 heteroatoms. The lowest BCUT2D eigenvalue weighted by Crippen LogP contribution is -2.37. The summed E-state index contributed by atoms with van der Waals surface area (Å²) in [4.78, 5) is 0. The summed E-state index contributed by atoms with van der Waals surface area (Å²) in [7, 11) is 0. The van der Waals surface area contributed by atoms with E-state index in [9.17, 15) is 15.3 Å². The van der Waals surface area contributed by atoms with E-state index in [0.29, 0.717) is 30.1 Å². The Kier molecular flexibility index (Phi) is 7.30. The molecule has 0 bridgehead atoms. The molecule has 3 aliphatic carbocycles. The maximum absolute atomic E-state index is 10.5. The number of hydrogen-bond acceptors (Lipinski definition) is 3.